The van der Waals surface area contributed by atoms with E-state index in [1.807, 2.05) is 0 Å². The lowest BCUT2D eigenvalue weighted by atomic mass is 10.1. The summed E-state index contributed by atoms with van der Waals surface area (Å²) in [5.74, 6) is -3.34. The third kappa shape index (κ3) is 5.74. The van der Waals surface area contributed by atoms with Crippen LogP contribution in [-0.2, 0) is 0 Å². The molecule has 0 radical (unpaired) electrons. The van der Waals surface area contributed by atoms with Gasteiger partial charge in [-0.1, -0.05) is 38.3 Å². The van der Waals surface area contributed by atoms with Crippen LogP contribution < -0.4 is 16.1 Å². The van der Waals surface area contributed by atoms with E-state index in [-0.39, 0.29) is 53.0 Å². The molecule has 1 aromatic heterocycles. The third-order valence-electron chi connectivity index (χ3n) is 7.24. The number of unbranched alkanes of at least 4 members (excludes halogenated alkanes) is 3. The summed E-state index contributed by atoms with van der Waals surface area (Å²) in [5, 5.41) is 5.60. The summed E-state index contributed by atoms with van der Waals surface area (Å²) in [6.45, 7) is 2.93. The summed E-state index contributed by atoms with van der Waals surface area (Å²) in [6, 6.07) is 12.5. The van der Waals surface area contributed by atoms with Crippen LogP contribution in [0.2, 0.25) is 0 Å². The molecule has 0 atom stereocenters. The van der Waals surface area contributed by atoms with Gasteiger partial charge in [0.2, 0.25) is 0 Å². The normalized spacial score (nSPS) is 12.7. The lowest BCUT2D eigenvalue weighted by Crippen LogP contribution is -2.31. The van der Waals surface area contributed by atoms with Crippen molar-refractivity contribution in [2.24, 2.45) is 0 Å². The highest BCUT2D eigenvalue weighted by Crippen LogP contribution is 2.31. The quantitative estimate of drug-likeness (QED) is 0.140. The lowest BCUT2D eigenvalue weighted by Gasteiger charge is -2.15. The van der Waals surface area contributed by atoms with Gasteiger partial charge in [0.05, 0.1) is 27.9 Å². The Morgan fingerprint density at radius 2 is 1.48 bits per heavy atom. The van der Waals surface area contributed by atoms with Crippen LogP contribution in [0.25, 0.3) is 22.3 Å². The number of carbonyl (C=O) groups excluding carboxylic acids is 2. The van der Waals surface area contributed by atoms with Crippen LogP contribution in [0.15, 0.2) is 63.8 Å². The molecule has 0 unspecified atom stereocenters. The zero-order valence-corrected chi connectivity index (χ0v) is 23.1. The monoisotopic (exact) mass is 577 g/mol. The molecular weight excluding hydrogens is 547 g/mol. The van der Waals surface area contributed by atoms with Gasteiger partial charge in [-0.3, -0.25) is 19.3 Å². The number of imide groups is 1. The minimum absolute atomic E-state index is 0.0667. The highest BCUT2D eigenvalue weighted by molar-refractivity contribution is 6.21. The minimum atomic E-state index is -1.03. The summed E-state index contributed by atoms with van der Waals surface area (Å²) in [4.78, 5) is 39.1. The molecule has 0 spiro atoms. The molecule has 1 aliphatic rings. The Kier molecular flexibility index (Phi) is 8.61. The average Bonchev–Trinajstić information content (AvgIpc) is 3.22. The second-order valence-corrected chi connectivity index (χ2v) is 10.2. The van der Waals surface area contributed by atoms with Gasteiger partial charge >= 0.3 is 0 Å². The number of fused-ring (bicyclic) bond motifs is 2. The van der Waals surface area contributed by atoms with E-state index in [4.69, 9.17) is 4.42 Å². The topological polar surface area (TPSA) is 91.7 Å². The van der Waals surface area contributed by atoms with Crippen LogP contribution in [0.1, 0.15) is 59.7 Å². The maximum atomic E-state index is 15.0. The highest BCUT2D eigenvalue weighted by atomic mass is 19.1. The number of nitrogens with one attached hydrogen (secondary N) is 2. The van der Waals surface area contributed by atoms with E-state index in [2.05, 4.69) is 17.6 Å². The molecular formula is C32H30F3N3O4. The van der Waals surface area contributed by atoms with Crippen molar-refractivity contribution in [3.05, 3.63) is 93.4 Å². The zero-order chi connectivity index (χ0) is 29.8. The first-order valence-corrected chi connectivity index (χ1v) is 14.0. The molecule has 2 heterocycles. The van der Waals surface area contributed by atoms with Crippen LogP contribution >= 0.6 is 0 Å². The Morgan fingerprint density at radius 3 is 2.17 bits per heavy atom. The van der Waals surface area contributed by atoms with E-state index in [9.17, 15) is 27.6 Å². The molecule has 218 valence electrons. The molecule has 4 aromatic rings. The molecule has 3 aromatic carbocycles. The van der Waals surface area contributed by atoms with E-state index in [1.165, 1.54) is 17.0 Å². The molecule has 0 saturated carbocycles. The fourth-order valence-electron chi connectivity index (χ4n) is 5.06. The number of nitrogens with zero attached hydrogens (tertiary/aromatic N) is 1. The Balaban J connectivity index is 1.27. The molecule has 2 N–H and O–H groups in total. The van der Waals surface area contributed by atoms with Crippen LogP contribution in [0, 0.1) is 17.5 Å². The van der Waals surface area contributed by atoms with Crippen molar-refractivity contribution in [3.8, 4) is 11.3 Å². The van der Waals surface area contributed by atoms with Crippen LogP contribution in [0.3, 0.4) is 0 Å². The van der Waals surface area contributed by atoms with Gasteiger partial charge < -0.3 is 15.1 Å². The molecule has 1 aliphatic heterocycles. The van der Waals surface area contributed by atoms with Crippen molar-refractivity contribution in [2.45, 2.75) is 39.0 Å². The second-order valence-electron chi connectivity index (χ2n) is 10.2. The molecule has 0 fully saturated rings. The number of amides is 2. The lowest BCUT2D eigenvalue weighted by molar-refractivity contribution is 0.0654. The molecule has 42 heavy (non-hydrogen) atoms. The van der Waals surface area contributed by atoms with Gasteiger partial charge in [0.25, 0.3) is 11.8 Å². The van der Waals surface area contributed by atoms with Crippen LogP contribution in [0.5, 0.6) is 0 Å². The SMILES string of the molecule is CCCCCCNc1c(F)cc(F)c2oc(-c3ccc(NCCCN4C(=O)c5ccccc5C4=O)c(F)c3)cc(=O)c12. The van der Waals surface area contributed by atoms with E-state index in [0.717, 1.165) is 37.8 Å². The zero-order valence-electron chi connectivity index (χ0n) is 23.1. The van der Waals surface area contributed by atoms with Gasteiger partial charge in [0.1, 0.15) is 17.4 Å². The molecule has 7 nitrogen and oxygen atoms in total. The molecule has 2 amide bonds. The van der Waals surface area contributed by atoms with Crippen molar-refractivity contribution in [2.75, 3.05) is 30.3 Å². The molecule has 10 heteroatoms. The smallest absolute Gasteiger partial charge is 0.261 e. The molecule has 0 bridgehead atoms. The Hall–Kier alpha value is -4.60. The first-order chi connectivity index (χ1) is 20.3. The van der Waals surface area contributed by atoms with E-state index in [0.29, 0.717) is 30.2 Å². The molecule has 5 rings (SSSR count). The number of carbonyl (C=O) groups is 2. The van der Waals surface area contributed by atoms with Gasteiger partial charge in [-0.25, -0.2) is 13.2 Å². The summed E-state index contributed by atoms with van der Waals surface area (Å²) in [6.07, 6.45) is 4.15. The number of hydrogen-bond acceptors (Lipinski definition) is 6. The van der Waals surface area contributed by atoms with Crippen LogP contribution in [-0.4, -0.2) is 36.3 Å². The summed E-state index contributed by atoms with van der Waals surface area (Å²) >= 11 is 0. The van der Waals surface area contributed by atoms with Gasteiger partial charge in [-0.15, -0.1) is 0 Å². The van der Waals surface area contributed by atoms with E-state index >= 15 is 0 Å². The third-order valence-corrected chi connectivity index (χ3v) is 7.24. The Morgan fingerprint density at radius 1 is 0.762 bits per heavy atom. The number of halogens is 3. The standard InChI is InChI=1S/C32H30F3N3O4/c1-2-3-4-7-13-37-29-23(34)17-24(35)30-28(29)26(39)18-27(42-30)19-11-12-25(22(33)16-19)36-14-8-15-38-31(40)20-9-5-6-10-21(20)32(38)41/h5-6,9-12,16-18,36-37H,2-4,7-8,13-15H2,1H3. The molecule has 0 aliphatic carbocycles. The largest absolute Gasteiger partial charge is 0.453 e. The van der Waals surface area contributed by atoms with Gasteiger partial charge in [-0.05, 0) is 43.2 Å². The minimum Gasteiger partial charge on any atom is -0.453 e. The first kappa shape index (κ1) is 28.9. The number of rotatable bonds is 12. The van der Waals surface area contributed by atoms with Crippen molar-refractivity contribution in [1.29, 1.82) is 0 Å². The second kappa shape index (κ2) is 12.5. The number of benzene rings is 3. The van der Waals surface area contributed by atoms with Crippen molar-refractivity contribution >= 4 is 34.2 Å². The van der Waals surface area contributed by atoms with Gasteiger partial charge in [0.15, 0.2) is 16.8 Å². The maximum Gasteiger partial charge on any atom is 0.261 e. The van der Waals surface area contributed by atoms with Gasteiger partial charge in [0, 0.05) is 37.3 Å². The first-order valence-electron chi connectivity index (χ1n) is 14.0. The summed E-state index contributed by atoms with van der Waals surface area (Å²) in [7, 11) is 0. The predicted octanol–water partition coefficient (Wildman–Crippen LogP) is 6.97. The van der Waals surface area contributed by atoms with Crippen molar-refractivity contribution in [1.82, 2.24) is 4.90 Å². The maximum absolute atomic E-state index is 15.0. The number of anilines is 2. The highest BCUT2D eigenvalue weighted by Gasteiger charge is 2.34. The average molecular weight is 578 g/mol. The predicted molar refractivity (Wildman–Crippen MR) is 155 cm³/mol. The van der Waals surface area contributed by atoms with Gasteiger partial charge in [-0.2, -0.15) is 0 Å². The van der Waals surface area contributed by atoms with E-state index < -0.39 is 28.5 Å². The summed E-state index contributed by atoms with van der Waals surface area (Å²) in [5.41, 5.74) is -0.0834. The Bertz CT molecular complexity index is 1680. The van der Waals surface area contributed by atoms with Crippen LogP contribution in [0.4, 0.5) is 24.5 Å². The van der Waals surface area contributed by atoms with Crippen molar-refractivity contribution < 1.29 is 27.2 Å². The summed E-state index contributed by atoms with van der Waals surface area (Å²) < 4.78 is 49.9. The van der Waals surface area contributed by atoms with Crippen molar-refractivity contribution in [3.63, 3.8) is 0 Å². The molecule has 0 saturated heterocycles. The van der Waals surface area contributed by atoms with E-state index in [1.54, 1.807) is 24.3 Å². The number of hydrogen-bond donors (Lipinski definition) is 2. The fourth-order valence-corrected chi connectivity index (χ4v) is 5.06. The Labute approximate surface area is 240 Å². The fraction of sp³-hybridized carbons (Fsp3) is 0.281.